The number of nitrogens with zero attached hydrogens (tertiary/aromatic N) is 1. The van der Waals surface area contributed by atoms with Gasteiger partial charge in [-0.1, -0.05) is 12.1 Å². The largest absolute Gasteiger partial charge is 0.359 e. The Bertz CT molecular complexity index is 567. The van der Waals surface area contributed by atoms with Crippen LogP contribution in [0.15, 0.2) is 34.2 Å². The van der Waals surface area contributed by atoms with Crippen LogP contribution in [-0.2, 0) is 16.6 Å². The van der Waals surface area contributed by atoms with Crippen LogP contribution in [0.3, 0.4) is 0 Å². The Balaban J connectivity index is 2.86. The third-order valence-corrected chi connectivity index (χ3v) is 4.18. The lowest BCUT2D eigenvalue weighted by atomic mass is 10.2. The van der Waals surface area contributed by atoms with Crippen molar-refractivity contribution in [3.05, 3.63) is 29.8 Å². The summed E-state index contributed by atoms with van der Waals surface area (Å²) in [6.07, 6.45) is 0. The summed E-state index contributed by atoms with van der Waals surface area (Å²) in [5, 5.41) is 5.98. The van der Waals surface area contributed by atoms with E-state index in [2.05, 4.69) is 20.3 Å². The Hall–Kier alpha value is -1.60. The zero-order valence-corrected chi connectivity index (χ0v) is 13.1. The molecule has 6 nitrogen and oxygen atoms in total. The average molecular weight is 298 g/mol. The molecular weight excluding hydrogens is 276 g/mol. The Morgan fingerprint density at radius 3 is 2.60 bits per heavy atom. The van der Waals surface area contributed by atoms with Gasteiger partial charge in [0, 0.05) is 26.7 Å². The molecule has 0 aliphatic rings. The van der Waals surface area contributed by atoms with Gasteiger partial charge in [0.25, 0.3) is 0 Å². The predicted molar refractivity (Wildman–Crippen MR) is 81.2 cm³/mol. The molecule has 1 aromatic rings. The van der Waals surface area contributed by atoms with E-state index in [0.29, 0.717) is 12.5 Å². The molecule has 0 atom stereocenters. The van der Waals surface area contributed by atoms with E-state index in [9.17, 15) is 8.42 Å². The molecule has 0 heterocycles. The summed E-state index contributed by atoms with van der Waals surface area (Å²) in [4.78, 5) is 4.26. The average Bonchev–Trinajstić information content (AvgIpc) is 2.39. The summed E-state index contributed by atoms with van der Waals surface area (Å²) in [6.45, 7) is 4.08. The van der Waals surface area contributed by atoms with Gasteiger partial charge >= 0.3 is 0 Å². The molecule has 20 heavy (non-hydrogen) atoms. The van der Waals surface area contributed by atoms with E-state index in [1.807, 2.05) is 6.07 Å². The first-order valence-corrected chi connectivity index (χ1v) is 7.87. The highest BCUT2D eigenvalue weighted by molar-refractivity contribution is 7.89. The van der Waals surface area contributed by atoms with Crippen LogP contribution in [0.2, 0.25) is 0 Å². The first-order chi connectivity index (χ1) is 9.39. The molecule has 0 aromatic heterocycles. The quantitative estimate of drug-likeness (QED) is 0.551. The Kier molecular flexibility index (Phi) is 5.97. The van der Waals surface area contributed by atoms with E-state index in [-0.39, 0.29) is 10.9 Å². The number of hydrogen-bond acceptors (Lipinski definition) is 3. The number of hydrogen-bond donors (Lipinski definition) is 3. The topological polar surface area (TPSA) is 82.6 Å². The van der Waals surface area contributed by atoms with E-state index in [0.717, 1.165) is 5.56 Å². The van der Waals surface area contributed by atoms with Gasteiger partial charge in [-0.25, -0.2) is 13.1 Å². The van der Waals surface area contributed by atoms with Crippen LogP contribution in [0.4, 0.5) is 0 Å². The maximum atomic E-state index is 12.1. The van der Waals surface area contributed by atoms with Crippen LogP contribution in [-0.4, -0.2) is 34.5 Å². The molecule has 0 spiro atoms. The van der Waals surface area contributed by atoms with Gasteiger partial charge in [0.15, 0.2) is 5.96 Å². The number of aliphatic imine (C=N–C) groups is 1. The molecule has 3 N–H and O–H groups in total. The maximum absolute atomic E-state index is 12.1. The molecule has 0 aliphatic carbocycles. The van der Waals surface area contributed by atoms with Gasteiger partial charge in [-0.15, -0.1) is 0 Å². The second-order valence-electron chi connectivity index (χ2n) is 4.60. The van der Waals surface area contributed by atoms with Crippen molar-refractivity contribution in [3.63, 3.8) is 0 Å². The normalized spacial score (nSPS) is 12.6. The fourth-order valence-electron chi connectivity index (χ4n) is 1.67. The molecule has 0 amide bonds. The third-order valence-electron chi connectivity index (χ3n) is 2.52. The van der Waals surface area contributed by atoms with E-state index in [1.54, 1.807) is 46.1 Å². The minimum Gasteiger partial charge on any atom is -0.359 e. The number of nitrogens with one attached hydrogen (secondary N) is 3. The Morgan fingerprint density at radius 2 is 2.05 bits per heavy atom. The molecule has 0 saturated carbocycles. The zero-order valence-electron chi connectivity index (χ0n) is 12.3. The number of sulfonamides is 1. The van der Waals surface area contributed by atoms with E-state index >= 15 is 0 Å². The highest BCUT2D eigenvalue weighted by atomic mass is 32.2. The van der Waals surface area contributed by atoms with Gasteiger partial charge in [-0.3, -0.25) is 4.99 Å². The first-order valence-electron chi connectivity index (χ1n) is 6.38. The van der Waals surface area contributed by atoms with Crippen molar-refractivity contribution in [2.75, 3.05) is 14.1 Å². The summed E-state index contributed by atoms with van der Waals surface area (Å²) in [7, 11) is -0.0158. The molecule has 1 rings (SSSR count). The predicted octanol–water partition coefficient (Wildman–Crippen LogP) is 0.668. The summed E-state index contributed by atoms with van der Waals surface area (Å²) in [6, 6.07) is 6.70. The number of rotatable bonds is 5. The third kappa shape index (κ3) is 4.82. The summed E-state index contributed by atoms with van der Waals surface area (Å²) in [5.74, 6) is 0.651. The first kappa shape index (κ1) is 16.5. The SMILES string of the molecule is CN=C(NC)NCc1cccc(S(=O)(=O)NC(C)C)c1. The lowest BCUT2D eigenvalue weighted by Crippen LogP contribution is -2.34. The molecule has 0 aliphatic heterocycles. The minimum atomic E-state index is -3.46. The van der Waals surface area contributed by atoms with Crippen molar-refractivity contribution >= 4 is 16.0 Å². The van der Waals surface area contributed by atoms with Gasteiger partial charge in [0.2, 0.25) is 10.0 Å². The lowest BCUT2D eigenvalue weighted by Gasteiger charge is -2.12. The van der Waals surface area contributed by atoms with Crippen molar-refractivity contribution in [2.45, 2.75) is 31.3 Å². The van der Waals surface area contributed by atoms with Gasteiger partial charge in [-0.2, -0.15) is 0 Å². The van der Waals surface area contributed by atoms with Crippen molar-refractivity contribution in [2.24, 2.45) is 4.99 Å². The molecule has 0 bridgehead atoms. The van der Waals surface area contributed by atoms with Crippen LogP contribution >= 0.6 is 0 Å². The van der Waals surface area contributed by atoms with Crippen LogP contribution < -0.4 is 15.4 Å². The van der Waals surface area contributed by atoms with Crippen LogP contribution in [0, 0.1) is 0 Å². The van der Waals surface area contributed by atoms with E-state index < -0.39 is 10.0 Å². The van der Waals surface area contributed by atoms with Crippen molar-refractivity contribution < 1.29 is 8.42 Å². The number of benzene rings is 1. The fraction of sp³-hybridized carbons (Fsp3) is 0.462. The van der Waals surface area contributed by atoms with Gasteiger partial charge in [-0.05, 0) is 31.5 Å². The van der Waals surface area contributed by atoms with E-state index in [1.165, 1.54) is 0 Å². The lowest BCUT2D eigenvalue weighted by molar-refractivity contribution is 0.569. The van der Waals surface area contributed by atoms with E-state index in [4.69, 9.17) is 0 Å². The molecule has 0 unspecified atom stereocenters. The maximum Gasteiger partial charge on any atom is 0.240 e. The summed E-state index contributed by atoms with van der Waals surface area (Å²) >= 11 is 0. The van der Waals surface area contributed by atoms with Gasteiger partial charge in [0.1, 0.15) is 0 Å². The smallest absolute Gasteiger partial charge is 0.240 e. The highest BCUT2D eigenvalue weighted by Gasteiger charge is 2.15. The molecule has 0 radical (unpaired) electrons. The standard InChI is InChI=1S/C13H22N4O2S/c1-10(2)17-20(18,19)12-7-5-6-11(8-12)9-16-13(14-3)15-4/h5-8,10,17H,9H2,1-4H3,(H2,14,15,16). The van der Waals surface area contributed by atoms with Crippen LogP contribution in [0.1, 0.15) is 19.4 Å². The Labute approximate surface area is 120 Å². The number of guanidine groups is 1. The van der Waals surface area contributed by atoms with Gasteiger partial charge in [0.05, 0.1) is 4.90 Å². The molecule has 0 saturated heterocycles. The summed E-state index contributed by atoms with van der Waals surface area (Å²) in [5.41, 5.74) is 0.869. The highest BCUT2D eigenvalue weighted by Crippen LogP contribution is 2.12. The molecular formula is C13H22N4O2S. The second-order valence-corrected chi connectivity index (χ2v) is 6.31. The monoisotopic (exact) mass is 298 g/mol. The van der Waals surface area contributed by atoms with Crippen molar-refractivity contribution in [3.8, 4) is 0 Å². The molecule has 112 valence electrons. The van der Waals surface area contributed by atoms with Gasteiger partial charge < -0.3 is 10.6 Å². The molecule has 7 heteroatoms. The second kappa shape index (κ2) is 7.25. The fourth-order valence-corrected chi connectivity index (χ4v) is 2.99. The zero-order chi connectivity index (χ0) is 15.2. The molecule has 0 fully saturated rings. The van der Waals surface area contributed by atoms with Crippen molar-refractivity contribution in [1.29, 1.82) is 0 Å². The Morgan fingerprint density at radius 1 is 1.35 bits per heavy atom. The van der Waals surface area contributed by atoms with Crippen molar-refractivity contribution in [1.82, 2.24) is 15.4 Å². The minimum absolute atomic E-state index is 0.134. The van der Waals surface area contributed by atoms with Crippen LogP contribution in [0.5, 0.6) is 0 Å². The summed E-state index contributed by atoms with van der Waals surface area (Å²) < 4.78 is 26.7. The van der Waals surface area contributed by atoms with Crippen LogP contribution in [0.25, 0.3) is 0 Å². The molecule has 1 aromatic carbocycles.